The topological polar surface area (TPSA) is 101 Å². The first-order chi connectivity index (χ1) is 8.41. The molecule has 1 aliphatic rings. The van der Waals surface area contributed by atoms with E-state index in [2.05, 4.69) is 10.6 Å². The van der Waals surface area contributed by atoms with Crippen LogP contribution in [-0.4, -0.2) is 16.7 Å². The highest BCUT2D eigenvalue weighted by molar-refractivity contribution is 6.44. The van der Waals surface area contributed by atoms with E-state index < -0.39 is 22.4 Å². The van der Waals surface area contributed by atoms with Gasteiger partial charge in [0.1, 0.15) is 5.02 Å². The van der Waals surface area contributed by atoms with Crippen molar-refractivity contribution in [3.05, 3.63) is 31.8 Å². The van der Waals surface area contributed by atoms with E-state index in [0.717, 1.165) is 0 Å². The third-order valence-electron chi connectivity index (χ3n) is 2.36. The SMILES string of the molecule is O=C1NCc2c(cc(Cl)c(Cl)c2[N+](=O)[O-])NC1=O. The number of nitro groups is 1. The van der Waals surface area contributed by atoms with E-state index in [1.807, 2.05) is 0 Å². The summed E-state index contributed by atoms with van der Waals surface area (Å²) in [5.74, 6) is -1.80. The Bertz CT molecular complexity index is 588. The number of amides is 2. The molecule has 2 rings (SSSR count). The summed E-state index contributed by atoms with van der Waals surface area (Å²) in [4.78, 5) is 32.7. The number of hydrogen-bond donors (Lipinski definition) is 2. The lowest BCUT2D eigenvalue weighted by atomic mass is 10.1. The Hall–Kier alpha value is -1.86. The first kappa shape index (κ1) is 12.6. The van der Waals surface area contributed by atoms with E-state index in [-0.39, 0.29) is 27.8 Å². The van der Waals surface area contributed by atoms with Gasteiger partial charge in [0.15, 0.2) is 0 Å². The van der Waals surface area contributed by atoms with Crippen LogP contribution in [0.4, 0.5) is 11.4 Å². The van der Waals surface area contributed by atoms with Gasteiger partial charge < -0.3 is 10.6 Å². The Kier molecular flexibility index (Phi) is 3.10. The van der Waals surface area contributed by atoms with Crippen molar-refractivity contribution in [2.24, 2.45) is 0 Å². The number of benzene rings is 1. The molecule has 0 unspecified atom stereocenters. The molecule has 18 heavy (non-hydrogen) atoms. The number of carbonyl (C=O) groups is 2. The van der Waals surface area contributed by atoms with Gasteiger partial charge in [-0.2, -0.15) is 0 Å². The minimum absolute atomic E-state index is 0.0724. The quantitative estimate of drug-likeness (QED) is 0.464. The van der Waals surface area contributed by atoms with Crippen molar-refractivity contribution < 1.29 is 14.5 Å². The predicted octanol–water partition coefficient (Wildman–Crippen LogP) is 1.47. The van der Waals surface area contributed by atoms with Crippen molar-refractivity contribution in [3.8, 4) is 0 Å². The van der Waals surface area contributed by atoms with Crippen LogP contribution < -0.4 is 10.6 Å². The zero-order valence-corrected chi connectivity index (χ0v) is 10.1. The van der Waals surface area contributed by atoms with Gasteiger partial charge in [-0.1, -0.05) is 23.2 Å². The highest BCUT2D eigenvalue weighted by Crippen LogP contribution is 2.40. The fourth-order valence-electron chi connectivity index (χ4n) is 1.56. The number of nitrogens with zero attached hydrogens (tertiary/aromatic N) is 1. The maximum atomic E-state index is 11.3. The predicted molar refractivity (Wildman–Crippen MR) is 63.6 cm³/mol. The molecule has 1 aromatic rings. The molecule has 0 aliphatic carbocycles. The minimum atomic E-state index is -0.915. The first-order valence-electron chi connectivity index (χ1n) is 4.66. The standard InChI is InChI=1S/C9H5Cl2N3O4/c10-4-1-5-3(7(6(4)11)14(17)18)2-12-8(15)9(16)13-5/h1H,2H2,(H,12,15)(H,13,16). The van der Waals surface area contributed by atoms with E-state index in [0.29, 0.717) is 0 Å². The molecule has 1 aromatic carbocycles. The number of nitro benzene ring substituents is 1. The third-order valence-corrected chi connectivity index (χ3v) is 3.14. The molecular formula is C9H5Cl2N3O4. The van der Waals surface area contributed by atoms with Gasteiger partial charge >= 0.3 is 11.8 Å². The molecule has 0 atom stereocenters. The number of halogens is 2. The summed E-state index contributed by atoms with van der Waals surface area (Å²) in [6.45, 7) is -0.180. The zero-order chi connectivity index (χ0) is 13.4. The zero-order valence-electron chi connectivity index (χ0n) is 8.62. The number of nitrogens with one attached hydrogen (secondary N) is 2. The number of rotatable bonds is 1. The molecular weight excluding hydrogens is 285 g/mol. The van der Waals surface area contributed by atoms with Crippen LogP contribution >= 0.6 is 23.2 Å². The Morgan fingerprint density at radius 2 is 1.94 bits per heavy atom. The highest BCUT2D eigenvalue weighted by Gasteiger charge is 2.30. The van der Waals surface area contributed by atoms with Crippen LogP contribution in [0, 0.1) is 10.1 Å². The average Bonchev–Trinajstić information content (AvgIpc) is 2.41. The second kappa shape index (κ2) is 4.43. The molecule has 1 aliphatic heterocycles. The van der Waals surface area contributed by atoms with Gasteiger partial charge in [0.25, 0.3) is 5.69 Å². The second-order valence-electron chi connectivity index (χ2n) is 3.44. The minimum Gasteiger partial charge on any atom is -0.343 e. The van der Waals surface area contributed by atoms with Crippen molar-refractivity contribution >= 4 is 46.4 Å². The van der Waals surface area contributed by atoms with Gasteiger partial charge in [-0.05, 0) is 6.07 Å². The Morgan fingerprint density at radius 1 is 1.28 bits per heavy atom. The molecule has 0 fully saturated rings. The van der Waals surface area contributed by atoms with E-state index in [1.165, 1.54) is 6.07 Å². The summed E-state index contributed by atoms with van der Waals surface area (Å²) in [6, 6.07) is 1.27. The lowest BCUT2D eigenvalue weighted by molar-refractivity contribution is -0.385. The number of hydrogen-bond acceptors (Lipinski definition) is 4. The summed E-state index contributed by atoms with van der Waals surface area (Å²) >= 11 is 11.5. The fourth-order valence-corrected chi connectivity index (χ4v) is 2.00. The molecule has 0 saturated heterocycles. The first-order valence-corrected chi connectivity index (χ1v) is 5.42. The van der Waals surface area contributed by atoms with Gasteiger partial charge in [-0.25, -0.2) is 0 Å². The monoisotopic (exact) mass is 289 g/mol. The molecule has 2 amide bonds. The molecule has 9 heteroatoms. The van der Waals surface area contributed by atoms with Crippen LogP contribution in [0.1, 0.15) is 5.56 Å². The van der Waals surface area contributed by atoms with Crippen LogP contribution in [0.25, 0.3) is 0 Å². The number of carbonyl (C=O) groups excluding carboxylic acids is 2. The maximum absolute atomic E-state index is 11.3. The van der Waals surface area contributed by atoms with E-state index >= 15 is 0 Å². The molecule has 0 saturated carbocycles. The van der Waals surface area contributed by atoms with Crippen LogP contribution in [0.5, 0.6) is 0 Å². The van der Waals surface area contributed by atoms with Crippen LogP contribution in [0.2, 0.25) is 10.0 Å². The summed E-state index contributed by atoms with van der Waals surface area (Å²) in [5, 5.41) is 15.1. The molecule has 0 aromatic heterocycles. The van der Waals surface area contributed by atoms with Gasteiger partial charge in [0.2, 0.25) is 0 Å². The fraction of sp³-hybridized carbons (Fsp3) is 0.111. The largest absolute Gasteiger partial charge is 0.343 e. The van der Waals surface area contributed by atoms with Crippen molar-refractivity contribution in [2.75, 3.05) is 5.32 Å². The molecule has 0 radical (unpaired) electrons. The van der Waals surface area contributed by atoms with E-state index in [1.54, 1.807) is 0 Å². The average molecular weight is 290 g/mol. The lowest BCUT2D eigenvalue weighted by Crippen LogP contribution is -2.31. The normalized spacial score (nSPS) is 14.3. The van der Waals surface area contributed by atoms with Gasteiger partial charge in [0.05, 0.1) is 27.7 Å². The van der Waals surface area contributed by atoms with Crippen LogP contribution in [0.3, 0.4) is 0 Å². The van der Waals surface area contributed by atoms with Crippen LogP contribution in [0.15, 0.2) is 6.07 Å². The maximum Gasteiger partial charge on any atom is 0.313 e. The molecule has 0 spiro atoms. The molecule has 2 N–H and O–H groups in total. The number of anilines is 1. The Balaban J connectivity index is 2.68. The van der Waals surface area contributed by atoms with E-state index in [9.17, 15) is 19.7 Å². The summed E-state index contributed by atoms with van der Waals surface area (Å²) in [5.41, 5.74) is -0.227. The molecule has 0 bridgehead atoms. The molecule has 7 nitrogen and oxygen atoms in total. The summed E-state index contributed by atoms with van der Waals surface area (Å²) in [6.07, 6.45) is 0. The molecule has 1 heterocycles. The second-order valence-corrected chi connectivity index (χ2v) is 4.23. The summed E-state index contributed by atoms with van der Waals surface area (Å²) in [7, 11) is 0. The van der Waals surface area contributed by atoms with Crippen molar-refractivity contribution in [1.29, 1.82) is 0 Å². The third kappa shape index (κ3) is 1.98. The van der Waals surface area contributed by atoms with Crippen molar-refractivity contribution in [3.63, 3.8) is 0 Å². The van der Waals surface area contributed by atoms with Gasteiger partial charge in [-0.15, -0.1) is 0 Å². The number of fused-ring (bicyclic) bond motifs is 1. The van der Waals surface area contributed by atoms with Gasteiger partial charge in [0, 0.05) is 0 Å². The molecule has 94 valence electrons. The lowest BCUT2D eigenvalue weighted by Gasteiger charge is -2.08. The Labute approximate surface area is 110 Å². The van der Waals surface area contributed by atoms with Crippen molar-refractivity contribution in [1.82, 2.24) is 5.32 Å². The Morgan fingerprint density at radius 3 is 2.56 bits per heavy atom. The van der Waals surface area contributed by atoms with Crippen LogP contribution in [-0.2, 0) is 16.1 Å². The van der Waals surface area contributed by atoms with Crippen molar-refractivity contribution in [2.45, 2.75) is 6.54 Å². The summed E-state index contributed by atoms with van der Waals surface area (Å²) < 4.78 is 0. The van der Waals surface area contributed by atoms with Gasteiger partial charge in [-0.3, -0.25) is 19.7 Å². The van der Waals surface area contributed by atoms with E-state index in [4.69, 9.17) is 23.2 Å². The smallest absolute Gasteiger partial charge is 0.313 e. The highest BCUT2D eigenvalue weighted by atomic mass is 35.5.